The average molecular weight is 232 g/mol. The van der Waals surface area contributed by atoms with Crippen LogP contribution in [0.1, 0.15) is 30.0 Å². The van der Waals surface area contributed by atoms with E-state index in [0.29, 0.717) is 12.3 Å². The maximum atomic E-state index is 8.89. The molecular weight excluding hydrogens is 216 g/mol. The van der Waals surface area contributed by atoms with Crippen molar-refractivity contribution in [2.45, 2.75) is 26.1 Å². The van der Waals surface area contributed by atoms with Gasteiger partial charge < -0.3 is 14.8 Å². The number of furan rings is 1. The molecule has 0 aliphatic carbocycles. The average Bonchev–Trinajstić information content (AvgIpc) is 2.85. The van der Waals surface area contributed by atoms with Gasteiger partial charge in [-0.2, -0.15) is 0 Å². The number of rotatable bonds is 5. The van der Waals surface area contributed by atoms with Gasteiger partial charge in [-0.3, -0.25) is 4.98 Å². The van der Waals surface area contributed by atoms with E-state index < -0.39 is 0 Å². The molecule has 0 saturated heterocycles. The maximum absolute atomic E-state index is 8.89. The Balaban J connectivity index is 1.90. The van der Waals surface area contributed by atoms with Gasteiger partial charge in [-0.25, -0.2) is 0 Å². The molecule has 1 atom stereocenters. The van der Waals surface area contributed by atoms with Crippen molar-refractivity contribution >= 4 is 0 Å². The monoisotopic (exact) mass is 232 g/mol. The van der Waals surface area contributed by atoms with Crippen LogP contribution in [0.2, 0.25) is 0 Å². The molecule has 0 amide bonds. The van der Waals surface area contributed by atoms with Gasteiger partial charge >= 0.3 is 0 Å². The lowest BCUT2D eigenvalue weighted by atomic mass is 10.1. The van der Waals surface area contributed by atoms with Gasteiger partial charge in [-0.15, -0.1) is 0 Å². The van der Waals surface area contributed by atoms with E-state index in [1.165, 1.54) is 5.56 Å². The van der Waals surface area contributed by atoms with Crippen LogP contribution in [0, 0.1) is 0 Å². The summed E-state index contributed by atoms with van der Waals surface area (Å²) in [5.74, 6) is 1.42. The largest absolute Gasteiger partial charge is 0.462 e. The lowest BCUT2D eigenvalue weighted by molar-refractivity contribution is 0.242. The zero-order chi connectivity index (χ0) is 12.1. The molecular formula is C13H16N2O2. The summed E-state index contributed by atoms with van der Waals surface area (Å²) in [5.41, 5.74) is 1.19. The van der Waals surface area contributed by atoms with Crippen molar-refractivity contribution in [2.75, 3.05) is 0 Å². The zero-order valence-corrected chi connectivity index (χ0v) is 9.76. The number of aromatic nitrogens is 1. The second-order valence-corrected chi connectivity index (χ2v) is 3.91. The summed E-state index contributed by atoms with van der Waals surface area (Å²) >= 11 is 0. The van der Waals surface area contributed by atoms with Gasteiger partial charge in [0.1, 0.15) is 18.1 Å². The summed E-state index contributed by atoms with van der Waals surface area (Å²) in [6.07, 6.45) is 3.56. The first-order valence-electron chi connectivity index (χ1n) is 5.61. The smallest absolute Gasteiger partial charge is 0.129 e. The van der Waals surface area contributed by atoms with Crippen molar-refractivity contribution in [3.63, 3.8) is 0 Å². The first kappa shape index (κ1) is 11.8. The van der Waals surface area contributed by atoms with Gasteiger partial charge in [-0.1, -0.05) is 0 Å². The molecule has 0 aromatic carbocycles. The Morgan fingerprint density at radius 2 is 1.94 bits per heavy atom. The van der Waals surface area contributed by atoms with Gasteiger partial charge in [0.2, 0.25) is 0 Å². The van der Waals surface area contributed by atoms with E-state index in [1.807, 2.05) is 18.2 Å². The van der Waals surface area contributed by atoms with Crippen LogP contribution in [-0.4, -0.2) is 10.1 Å². The first-order chi connectivity index (χ1) is 8.29. The molecule has 2 heterocycles. The number of nitrogens with one attached hydrogen (secondary N) is 1. The maximum Gasteiger partial charge on any atom is 0.129 e. The van der Waals surface area contributed by atoms with Crippen LogP contribution in [0.4, 0.5) is 0 Å². The predicted octanol–water partition coefficient (Wildman–Crippen LogP) is 2.02. The molecule has 4 heteroatoms. The molecule has 0 bridgehead atoms. The second kappa shape index (κ2) is 5.61. The molecule has 0 spiro atoms. The summed E-state index contributed by atoms with van der Waals surface area (Å²) in [7, 11) is 0. The van der Waals surface area contributed by atoms with Crippen LogP contribution in [0.25, 0.3) is 0 Å². The third-order valence-corrected chi connectivity index (χ3v) is 2.66. The quantitative estimate of drug-likeness (QED) is 0.828. The molecule has 0 unspecified atom stereocenters. The summed E-state index contributed by atoms with van der Waals surface area (Å²) in [6.45, 7) is 2.68. The molecule has 17 heavy (non-hydrogen) atoms. The number of hydrogen-bond acceptors (Lipinski definition) is 4. The van der Waals surface area contributed by atoms with E-state index >= 15 is 0 Å². The van der Waals surface area contributed by atoms with E-state index in [1.54, 1.807) is 18.5 Å². The first-order valence-corrected chi connectivity index (χ1v) is 5.61. The molecule has 0 aliphatic heterocycles. The minimum atomic E-state index is -0.0556. The number of nitrogens with zero attached hydrogens (tertiary/aromatic N) is 1. The van der Waals surface area contributed by atoms with Gasteiger partial charge in [0.05, 0.1) is 6.54 Å². The predicted molar refractivity (Wildman–Crippen MR) is 64.1 cm³/mol. The van der Waals surface area contributed by atoms with Crippen molar-refractivity contribution in [3.05, 3.63) is 53.7 Å². The van der Waals surface area contributed by atoms with E-state index in [4.69, 9.17) is 9.52 Å². The van der Waals surface area contributed by atoms with Crippen LogP contribution in [0.3, 0.4) is 0 Å². The number of aliphatic hydroxyl groups excluding tert-OH is 1. The van der Waals surface area contributed by atoms with Gasteiger partial charge in [0.15, 0.2) is 0 Å². The molecule has 0 radical (unpaired) electrons. The zero-order valence-electron chi connectivity index (χ0n) is 9.76. The van der Waals surface area contributed by atoms with Crippen LogP contribution in [-0.2, 0) is 13.2 Å². The minimum Gasteiger partial charge on any atom is -0.462 e. The Morgan fingerprint density at radius 3 is 2.59 bits per heavy atom. The molecule has 0 saturated carbocycles. The topological polar surface area (TPSA) is 58.3 Å². The minimum absolute atomic E-state index is 0.0556. The molecule has 2 rings (SSSR count). The van der Waals surface area contributed by atoms with E-state index in [0.717, 1.165) is 5.76 Å². The summed E-state index contributed by atoms with van der Waals surface area (Å²) in [4.78, 5) is 3.99. The van der Waals surface area contributed by atoms with Crippen LogP contribution in [0.5, 0.6) is 0 Å². The Labute approximate surface area is 100 Å². The van der Waals surface area contributed by atoms with Gasteiger partial charge in [-0.05, 0) is 36.8 Å². The molecule has 2 aromatic rings. The Morgan fingerprint density at radius 1 is 1.24 bits per heavy atom. The summed E-state index contributed by atoms with van der Waals surface area (Å²) in [5, 5.41) is 12.2. The highest BCUT2D eigenvalue weighted by atomic mass is 16.4. The van der Waals surface area contributed by atoms with Crippen molar-refractivity contribution in [1.29, 1.82) is 0 Å². The SMILES string of the molecule is C[C@H](NCc1ccc(CO)o1)c1ccncc1. The molecule has 90 valence electrons. The molecule has 0 aliphatic rings. The van der Waals surface area contributed by atoms with E-state index in [2.05, 4.69) is 17.2 Å². The Bertz CT molecular complexity index is 453. The normalized spacial score (nSPS) is 12.6. The molecule has 2 aromatic heterocycles. The highest BCUT2D eigenvalue weighted by Gasteiger charge is 2.06. The van der Waals surface area contributed by atoms with Crippen LogP contribution in [0.15, 0.2) is 41.1 Å². The van der Waals surface area contributed by atoms with Crippen molar-refractivity contribution in [1.82, 2.24) is 10.3 Å². The van der Waals surface area contributed by atoms with Crippen molar-refractivity contribution < 1.29 is 9.52 Å². The van der Waals surface area contributed by atoms with Crippen LogP contribution >= 0.6 is 0 Å². The van der Waals surface area contributed by atoms with Crippen molar-refractivity contribution in [3.8, 4) is 0 Å². The summed E-state index contributed by atoms with van der Waals surface area (Å²) < 4.78 is 5.39. The third kappa shape index (κ3) is 3.15. The highest BCUT2D eigenvalue weighted by Crippen LogP contribution is 2.13. The molecule has 2 N–H and O–H groups in total. The number of pyridine rings is 1. The molecule has 4 nitrogen and oxygen atoms in total. The fraction of sp³-hybridized carbons (Fsp3) is 0.308. The standard InChI is InChI=1S/C13H16N2O2/c1-10(11-4-6-14-7-5-11)15-8-12-2-3-13(9-16)17-12/h2-7,10,15-16H,8-9H2,1H3/t10-/m0/s1. The fourth-order valence-corrected chi connectivity index (χ4v) is 1.63. The van der Waals surface area contributed by atoms with Crippen molar-refractivity contribution in [2.24, 2.45) is 0 Å². The highest BCUT2D eigenvalue weighted by molar-refractivity contribution is 5.14. The Hall–Kier alpha value is -1.65. The van der Waals surface area contributed by atoms with Gasteiger partial charge in [0.25, 0.3) is 0 Å². The molecule has 0 fully saturated rings. The van der Waals surface area contributed by atoms with Gasteiger partial charge in [0, 0.05) is 18.4 Å². The third-order valence-electron chi connectivity index (χ3n) is 2.66. The lowest BCUT2D eigenvalue weighted by Gasteiger charge is -2.12. The van der Waals surface area contributed by atoms with E-state index in [-0.39, 0.29) is 12.6 Å². The Kier molecular flexibility index (Phi) is 3.90. The lowest BCUT2D eigenvalue weighted by Crippen LogP contribution is -2.17. The number of aliphatic hydroxyl groups is 1. The van der Waals surface area contributed by atoms with E-state index in [9.17, 15) is 0 Å². The van der Waals surface area contributed by atoms with Crippen LogP contribution < -0.4 is 5.32 Å². The second-order valence-electron chi connectivity index (χ2n) is 3.91. The summed E-state index contributed by atoms with van der Waals surface area (Å²) in [6, 6.07) is 7.87. The number of hydrogen-bond donors (Lipinski definition) is 2. The fourth-order valence-electron chi connectivity index (χ4n) is 1.63.